The van der Waals surface area contributed by atoms with Crippen LogP contribution in [0.25, 0.3) is 0 Å². The molecule has 0 saturated heterocycles. The molecule has 0 fully saturated rings. The number of hydrogen-bond acceptors (Lipinski definition) is 6. The van der Waals surface area contributed by atoms with Gasteiger partial charge in [0.2, 0.25) is 0 Å². The van der Waals surface area contributed by atoms with E-state index >= 15 is 0 Å². The van der Waals surface area contributed by atoms with Gasteiger partial charge in [-0.15, -0.1) is 0 Å². The maximum atomic E-state index is 12.7. The van der Waals surface area contributed by atoms with E-state index in [9.17, 15) is 19.8 Å². The summed E-state index contributed by atoms with van der Waals surface area (Å²) in [6.45, 7) is 18.7. The van der Waals surface area contributed by atoms with Gasteiger partial charge in [0, 0.05) is 24.5 Å². The minimum atomic E-state index is -1.80. The maximum Gasteiger partial charge on any atom is 0.350 e. The number of carbonyl (C=O) groups is 1. The van der Waals surface area contributed by atoms with Gasteiger partial charge in [0.15, 0.2) is 14.1 Å². The van der Waals surface area contributed by atoms with Gasteiger partial charge in [-0.1, -0.05) is 46.3 Å². The molecule has 1 aromatic heterocycles. The van der Waals surface area contributed by atoms with Crippen LogP contribution in [0.2, 0.25) is 18.1 Å². The summed E-state index contributed by atoms with van der Waals surface area (Å²) in [6.07, 6.45) is 2.02. The van der Waals surface area contributed by atoms with Crippen LogP contribution in [0.3, 0.4) is 0 Å². The molecule has 0 aliphatic heterocycles. The van der Waals surface area contributed by atoms with Crippen molar-refractivity contribution in [3.63, 3.8) is 0 Å². The predicted molar refractivity (Wildman–Crippen MR) is 126 cm³/mol. The van der Waals surface area contributed by atoms with E-state index in [1.54, 1.807) is 19.9 Å². The lowest BCUT2D eigenvalue weighted by molar-refractivity contribution is 0.0796. The standard InChI is InChI=1S/C24H40O6Si/c1-15(2)13-18(25)17(4)22(27)21-19(26)14-20(30-23(21)28)16(3)11-10-12-29-31(8,9)24(5,6)7/h13-14,16-18,25-26H,10-12H2,1-9H3. The van der Waals surface area contributed by atoms with Crippen LogP contribution in [0, 0.1) is 5.92 Å². The van der Waals surface area contributed by atoms with Crippen LogP contribution in [0.5, 0.6) is 5.75 Å². The molecule has 0 radical (unpaired) electrons. The number of Topliss-reactive ketones (excluding diaryl/α,β-unsaturated/α-hetero) is 1. The number of ketones is 1. The molecule has 0 spiro atoms. The summed E-state index contributed by atoms with van der Waals surface area (Å²) in [5.41, 5.74) is -0.434. The quantitative estimate of drug-likeness (QED) is 0.214. The first-order valence-electron chi connectivity index (χ1n) is 11.0. The van der Waals surface area contributed by atoms with Gasteiger partial charge in [0.1, 0.15) is 17.1 Å². The highest BCUT2D eigenvalue weighted by molar-refractivity contribution is 6.74. The van der Waals surface area contributed by atoms with E-state index in [1.807, 2.05) is 6.92 Å². The SMILES string of the molecule is CC(C)=CC(O)C(C)C(=O)c1c(O)cc(C(C)CCCO[Si](C)(C)C(C)(C)C)oc1=O. The molecule has 1 rings (SSSR count). The van der Waals surface area contributed by atoms with Gasteiger partial charge in [-0.05, 0) is 44.8 Å². The molecule has 176 valence electrons. The predicted octanol–water partition coefficient (Wildman–Crippen LogP) is 5.40. The Bertz CT molecular complexity index is 843. The molecule has 0 saturated carbocycles. The van der Waals surface area contributed by atoms with Crippen LogP contribution in [-0.4, -0.2) is 37.0 Å². The van der Waals surface area contributed by atoms with Crippen molar-refractivity contribution in [2.75, 3.05) is 6.61 Å². The number of carbonyl (C=O) groups excluding carboxylic acids is 1. The van der Waals surface area contributed by atoms with Gasteiger partial charge >= 0.3 is 5.63 Å². The zero-order valence-corrected chi connectivity index (χ0v) is 21.5. The molecule has 0 aliphatic carbocycles. The van der Waals surface area contributed by atoms with E-state index in [2.05, 4.69) is 33.9 Å². The molecule has 0 amide bonds. The Hall–Kier alpha value is -1.70. The fraction of sp³-hybridized carbons (Fsp3) is 0.667. The van der Waals surface area contributed by atoms with Crippen LogP contribution in [0.15, 0.2) is 26.9 Å². The molecule has 6 nitrogen and oxygen atoms in total. The van der Waals surface area contributed by atoms with Crippen molar-refractivity contribution < 1.29 is 23.9 Å². The Morgan fingerprint density at radius 1 is 1.26 bits per heavy atom. The summed E-state index contributed by atoms with van der Waals surface area (Å²) >= 11 is 0. The number of hydrogen-bond donors (Lipinski definition) is 2. The molecule has 0 bridgehead atoms. The van der Waals surface area contributed by atoms with E-state index in [4.69, 9.17) is 8.84 Å². The molecule has 1 aromatic rings. The van der Waals surface area contributed by atoms with Gasteiger partial charge in [-0.25, -0.2) is 4.79 Å². The molecule has 7 heteroatoms. The number of rotatable bonds is 10. The second-order valence-corrected chi connectivity index (χ2v) is 15.0. The fourth-order valence-electron chi connectivity index (χ4n) is 2.91. The normalized spacial score (nSPS) is 15.3. The maximum absolute atomic E-state index is 12.7. The first-order chi connectivity index (χ1) is 14.1. The molecule has 3 unspecified atom stereocenters. The largest absolute Gasteiger partial charge is 0.507 e. The van der Waals surface area contributed by atoms with Crippen molar-refractivity contribution in [2.45, 2.75) is 91.5 Å². The lowest BCUT2D eigenvalue weighted by Crippen LogP contribution is -2.41. The van der Waals surface area contributed by atoms with Crippen molar-refractivity contribution in [2.24, 2.45) is 5.92 Å². The zero-order chi connectivity index (χ0) is 24.1. The van der Waals surface area contributed by atoms with Gasteiger partial charge in [0.05, 0.1) is 6.10 Å². The Morgan fingerprint density at radius 3 is 2.32 bits per heavy atom. The highest BCUT2D eigenvalue weighted by Gasteiger charge is 2.36. The van der Waals surface area contributed by atoms with Gasteiger partial charge in [0.25, 0.3) is 0 Å². The Labute approximate surface area is 187 Å². The third-order valence-electron chi connectivity index (χ3n) is 6.16. The smallest absolute Gasteiger partial charge is 0.350 e. The molecular weight excluding hydrogens is 412 g/mol. The van der Waals surface area contributed by atoms with E-state index in [0.29, 0.717) is 12.4 Å². The van der Waals surface area contributed by atoms with E-state index in [1.165, 1.54) is 13.0 Å². The number of aromatic hydroxyl groups is 1. The fourth-order valence-corrected chi connectivity index (χ4v) is 4.00. The van der Waals surface area contributed by atoms with Crippen molar-refractivity contribution in [1.29, 1.82) is 0 Å². The Balaban J connectivity index is 2.86. The van der Waals surface area contributed by atoms with Crippen LogP contribution in [0.4, 0.5) is 0 Å². The van der Waals surface area contributed by atoms with Crippen LogP contribution in [-0.2, 0) is 4.43 Å². The monoisotopic (exact) mass is 452 g/mol. The van der Waals surface area contributed by atoms with Crippen molar-refractivity contribution in [3.8, 4) is 5.75 Å². The molecule has 3 atom stereocenters. The summed E-state index contributed by atoms with van der Waals surface area (Å²) < 4.78 is 11.5. The van der Waals surface area contributed by atoms with Crippen LogP contribution in [0.1, 0.15) is 83.3 Å². The van der Waals surface area contributed by atoms with Gasteiger partial charge in [-0.3, -0.25) is 4.79 Å². The van der Waals surface area contributed by atoms with E-state index in [0.717, 1.165) is 18.4 Å². The first-order valence-corrected chi connectivity index (χ1v) is 13.9. The Kier molecular flexibility index (Phi) is 9.47. The summed E-state index contributed by atoms with van der Waals surface area (Å²) in [5, 5.41) is 20.7. The van der Waals surface area contributed by atoms with Crippen molar-refractivity contribution in [1.82, 2.24) is 0 Å². The minimum absolute atomic E-state index is 0.112. The second-order valence-electron chi connectivity index (χ2n) is 10.2. The number of aliphatic hydroxyl groups is 1. The molecular formula is C24H40O6Si. The number of aliphatic hydroxyl groups excluding tert-OH is 1. The van der Waals surface area contributed by atoms with E-state index < -0.39 is 43.1 Å². The second kappa shape index (κ2) is 10.7. The highest BCUT2D eigenvalue weighted by atomic mass is 28.4. The summed E-state index contributed by atoms with van der Waals surface area (Å²) in [6, 6.07) is 1.34. The molecule has 0 aliphatic rings. The topological polar surface area (TPSA) is 97.0 Å². The van der Waals surface area contributed by atoms with E-state index in [-0.39, 0.29) is 11.0 Å². The van der Waals surface area contributed by atoms with Crippen LogP contribution >= 0.6 is 0 Å². The zero-order valence-electron chi connectivity index (χ0n) is 20.5. The first kappa shape index (κ1) is 27.3. The Morgan fingerprint density at radius 2 is 1.84 bits per heavy atom. The summed E-state index contributed by atoms with van der Waals surface area (Å²) in [4.78, 5) is 25.1. The van der Waals surface area contributed by atoms with Gasteiger partial charge in [-0.2, -0.15) is 0 Å². The third-order valence-corrected chi connectivity index (χ3v) is 10.7. The third kappa shape index (κ3) is 7.44. The molecule has 2 N–H and O–H groups in total. The lowest BCUT2D eigenvalue weighted by Gasteiger charge is -2.36. The summed E-state index contributed by atoms with van der Waals surface area (Å²) in [5.74, 6) is -1.70. The molecule has 0 aromatic carbocycles. The van der Waals surface area contributed by atoms with Gasteiger partial charge < -0.3 is 19.1 Å². The summed E-state index contributed by atoms with van der Waals surface area (Å²) in [7, 11) is -1.80. The average molecular weight is 453 g/mol. The lowest BCUT2D eigenvalue weighted by atomic mass is 9.93. The minimum Gasteiger partial charge on any atom is -0.507 e. The average Bonchev–Trinajstić information content (AvgIpc) is 2.62. The highest BCUT2D eigenvalue weighted by Crippen LogP contribution is 2.36. The van der Waals surface area contributed by atoms with Crippen molar-refractivity contribution in [3.05, 3.63) is 39.5 Å². The molecule has 31 heavy (non-hydrogen) atoms. The van der Waals surface area contributed by atoms with Crippen LogP contribution < -0.4 is 5.63 Å². The number of allylic oxidation sites excluding steroid dienone is 1. The van der Waals surface area contributed by atoms with Crippen molar-refractivity contribution >= 4 is 14.1 Å². The molecule has 1 heterocycles.